The van der Waals surface area contributed by atoms with Crippen molar-refractivity contribution in [3.05, 3.63) is 24.4 Å². The van der Waals surface area contributed by atoms with E-state index in [4.69, 9.17) is 4.74 Å². The van der Waals surface area contributed by atoms with E-state index in [0.717, 1.165) is 25.7 Å². The molecule has 5 nitrogen and oxygen atoms in total. The highest BCUT2D eigenvalue weighted by molar-refractivity contribution is 5.76. The molecule has 0 aliphatic carbocycles. The second-order valence-corrected chi connectivity index (χ2v) is 7.35. The van der Waals surface area contributed by atoms with Gasteiger partial charge in [-0.1, -0.05) is 6.07 Å². The summed E-state index contributed by atoms with van der Waals surface area (Å²) in [7, 11) is 0. The number of nitrogens with zero attached hydrogens (tertiary/aromatic N) is 2. The van der Waals surface area contributed by atoms with Crippen LogP contribution in [0.2, 0.25) is 0 Å². The molecule has 0 saturated carbocycles. The Kier molecular flexibility index (Phi) is 3.98. The Morgan fingerprint density at radius 1 is 1.27 bits per heavy atom. The number of aromatic nitrogens is 1. The Balaban J connectivity index is 1.63. The van der Waals surface area contributed by atoms with Gasteiger partial charge in [-0.15, -0.1) is 0 Å². The molecule has 1 aromatic heterocycles. The first-order valence-corrected chi connectivity index (χ1v) is 8.10. The van der Waals surface area contributed by atoms with Crippen molar-refractivity contribution in [1.82, 2.24) is 15.2 Å². The third kappa shape index (κ3) is 3.34. The van der Waals surface area contributed by atoms with Gasteiger partial charge in [0.1, 0.15) is 6.10 Å². The van der Waals surface area contributed by atoms with Crippen LogP contribution in [0.25, 0.3) is 0 Å². The van der Waals surface area contributed by atoms with Crippen LogP contribution < -0.4 is 10.1 Å². The molecular formula is C17H25N3O2. The van der Waals surface area contributed by atoms with Gasteiger partial charge in [0.15, 0.2) is 0 Å². The Hall–Kier alpha value is -1.78. The fourth-order valence-corrected chi connectivity index (χ4v) is 3.53. The first-order valence-electron chi connectivity index (χ1n) is 8.10. The molecule has 2 amide bonds. The number of amides is 2. The summed E-state index contributed by atoms with van der Waals surface area (Å²) in [6, 6.07) is 6.35. The van der Waals surface area contributed by atoms with Crippen LogP contribution >= 0.6 is 0 Å². The monoisotopic (exact) mass is 303 g/mol. The molecule has 3 rings (SSSR count). The number of hydrogen-bond acceptors (Lipinski definition) is 3. The van der Waals surface area contributed by atoms with E-state index >= 15 is 0 Å². The highest BCUT2D eigenvalue weighted by Crippen LogP contribution is 2.37. The van der Waals surface area contributed by atoms with Crippen LogP contribution in [0, 0.1) is 0 Å². The van der Waals surface area contributed by atoms with Gasteiger partial charge in [-0.2, -0.15) is 0 Å². The maximum atomic E-state index is 12.5. The number of carbonyl (C=O) groups is 1. The van der Waals surface area contributed by atoms with Gasteiger partial charge in [0, 0.05) is 42.7 Å². The number of pyridine rings is 1. The SMILES string of the molecule is CC(C)(C)NC(=O)N1C2CCC1CC(Oc1ccccn1)C2. The van der Waals surface area contributed by atoms with Gasteiger partial charge in [0.2, 0.25) is 5.88 Å². The van der Waals surface area contributed by atoms with Gasteiger partial charge < -0.3 is 15.0 Å². The lowest BCUT2D eigenvalue weighted by atomic mass is 10.00. The van der Waals surface area contributed by atoms with Gasteiger partial charge in [-0.05, 0) is 39.7 Å². The molecule has 22 heavy (non-hydrogen) atoms. The summed E-state index contributed by atoms with van der Waals surface area (Å²) in [5.74, 6) is 0.680. The Labute approximate surface area is 132 Å². The lowest BCUT2D eigenvalue weighted by Crippen LogP contribution is -2.56. The third-order valence-electron chi connectivity index (χ3n) is 4.33. The second kappa shape index (κ2) is 5.78. The quantitative estimate of drug-likeness (QED) is 0.914. The Morgan fingerprint density at radius 2 is 1.95 bits per heavy atom. The number of urea groups is 1. The van der Waals surface area contributed by atoms with Crippen LogP contribution in [0.15, 0.2) is 24.4 Å². The van der Waals surface area contributed by atoms with Gasteiger partial charge in [0.05, 0.1) is 0 Å². The molecule has 2 aliphatic rings. The molecule has 2 saturated heterocycles. The van der Waals surface area contributed by atoms with Crippen molar-refractivity contribution in [2.24, 2.45) is 0 Å². The van der Waals surface area contributed by atoms with Crippen molar-refractivity contribution in [2.45, 2.75) is 70.2 Å². The average molecular weight is 303 g/mol. The van der Waals surface area contributed by atoms with E-state index in [-0.39, 0.29) is 29.8 Å². The fraction of sp³-hybridized carbons (Fsp3) is 0.647. The summed E-state index contributed by atoms with van der Waals surface area (Å²) in [4.78, 5) is 18.8. The molecule has 1 N–H and O–H groups in total. The van der Waals surface area contributed by atoms with Crippen molar-refractivity contribution in [3.63, 3.8) is 0 Å². The van der Waals surface area contributed by atoms with Crippen molar-refractivity contribution in [1.29, 1.82) is 0 Å². The van der Waals surface area contributed by atoms with Crippen molar-refractivity contribution < 1.29 is 9.53 Å². The Morgan fingerprint density at radius 3 is 2.50 bits per heavy atom. The van der Waals surface area contributed by atoms with E-state index < -0.39 is 0 Å². The summed E-state index contributed by atoms with van der Waals surface area (Å²) in [6.07, 6.45) is 5.84. The zero-order chi connectivity index (χ0) is 15.7. The maximum Gasteiger partial charge on any atom is 0.318 e. The molecule has 2 bridgehead atoms. The Bertz CT molecular complexity index is 512. The van der Waals surface area contributed by atoms with Crippen LogP contribution in [-0.2, 0) is 0 Å². The third-order valence-corrected chi connectivity index (χ3v) is 4.33. The van der Waals surface area contributed by atoms with E-state index in [0.29, 0.717) is 5.88 Å². The second-order valence-electron chi connectivity index (χ2n) is 7.35. The molecule has 0 radical (unpaired) electrons. The molecule has 0 aromatic carbocycles. The minimum absolute atomic E-state index is 0.0660. The summed E-state index contributed by atoms with van der Waals surface area (Å²) >= 11 is 0. The largest absolute Gasteiger partial charge is 0.474 e. The number of fused-ring (bicyclic) bond motifs is 2. The zero-order valence-corrected chi connectivity index (χ0v) is 13.6. The van der Waals surface area contributed by atoms with Crippen molar-refractivity contribution in [3.8, 4) is 5.88 Å². The van der Waals surface area contributed by atoms with E-state index in [1.165, 1.54) is 0 Å². The van der Waals surface area contributed by atoms with Crippen molar-refractivity contribution >= 4 is 6.03 Å². The number of ether oxygens (including phenoxy) is 1. The first-order chi connectivity index (χ1) is 10.4. The van der Waals surface area contributed by atoms with Crippen molar-refractivity contribution in [2.75, 3.05) is 0 Å². The molecule has 120 valence electrons. The maximum absolute atomic E-state index is 12.5. The molecule has 2 unspecified atom stereocenters. The molecule has 1 aromatic rings. The fourth-order valence-electron chi connectivity index (χ4n) is 3.53. The predicted molar refractivity (Wildman–Crippen MR) is 84.8 cm³/mol. The summed E-state index contributed by atoms with van der Waals surface area (Å²) in [5.41, 5.74) is -0.197. The van der Waals surface area contributed by atoms with Gasteiger partial charge in [-0.25, -0.2) is 9.78 Å². The van der Waals surface area contributed by atoms with E-state index in [1.54, 1.807) is 6.20 Å². The average Bonchev–Trinajstić information content (AvgIpc) is 2.70. The van der Waals surface area contributed by atoms with Crippen LogP contribution in [0.3, 0.4) is 0 Å². The molecule has 2 atom stereocenters. The number of carbonyl (C=O) groups excluding carboxylic acids is 1. The first kappa shape index (κ1) is 15.1. The minimum atomic E-state index is -0.197. The topological polar surface area (TPSA) is 54.5 Å². The van der Waals surface area contributed by atoms with Gasteiger partial charge in [-0.3, -0.25) is 0 Å². The molecule has 5 heteroatoms. The molecule has 3 heterocycles. The van der Waals surface area contributed by atoms with Gasteiger partial charge >= 0.3 is 6.03 Å². The summed E-state index contributed by atoms with van der Waals surface area (Å²) < 4.78 is 6.00. The number of rotatable bonds is 2. The lowest BCUT2D eigenvalue weighted by Gasteiger charge is -2.40. The van der Waals surface area contributed by atoms with E-state index in [1.807, 2.05) is 43.9 Å². The molecule has 0 spiro atoms. The summed E-state index contributed by atoms with van der Waals surface area (Å²) in [6.45, 7) is 6.05. The standard InChI is InChI=1S/C17H25N3O2/c1-17(2,3)19-16(21)20-12-7-8-13(20)11-14(10-12)22-15-6-4-5-9-18-15/h4-6,9,12-14H,7-8,10-11H2,1-3H3,(H,19,21). The number of nitrogens with one attached hydrogen (secondary N) is 1. The summed E-state index contributed by atoms with van der Waals surface area (Å²) in [5, 5.41) is 3.09. The van der Waals surface area contributed by atoms with E-state index in [2.05, 4.69) is 10.3 Å². The lowest BCUT2D eigenvalue weighted by molar-refractivity contribution is 0.0641. The normalized spacial score (nSPS) is 27.6. The van der Waals surface area contributed by atoms with Gasteiger partial charge in [0.25, 0.3) is 0 Å². The zero-order valence-electron chi connectivity index (χ0n) is 13.6. The number of hydrogen-bond donors (Lipinski definition) is 1. The van der Waals surface area contributed by atoms with Crippen LogP contribution in [0.5, 0.6) is 5.88 Å². The number of piperidine rings is 1. The highest BCUT2D eigenvalue weighted by Gasteiger charge is 2.44. The van der Waals surface area contributed by atoms with Crippen LogP contribution in [0.1, 0.15) is 46.5 Å². The minimum Gasteiger partial charge on any atom is -0.474 e. The smallest absolute Gasteiger partial charge is 0.318 e. The van der Waals surface area contributed by atoms with Crippen LogP contribution in [0.4, 0.5) is 4.79 Å². The molecule has 2 aliphatic heterocycles. The predicted octanol–water partition coefficient (Wildman–Crippen LogP) is 2.96. The van der Waals surface area contributed by atoms with Crippen LogP contribution in [-0.4, -0.2) is 39.6 Å². The van der Waals surface area contributed by atoms with E-state index in [9.17, 15) is 4.79 Å². The molecular weight excluding hydrogens is 278 g/mol. The molecule has 2 fully saturated rings. The highest BCUT2D eigenvalue weighted by atomic mass is 16.5.